The summed E-state index contributed by atoms with van der Waals surface area (Å²) in [6.45, 7) is 0. The Morgan fingerprint density at radius 2 is 1.29 bits per heavy atom. The van der Waals surface area contributed by atoms with Gasteiger partial charge in [-0.15, -0.1) is 0 Å². The fourth-order valence-corrected chi connectivity index (χ4v) is 3.63. The summed E-state index contributed by atoms with van der Waals surface area (Å²) in [4.78, 5) is 0. The van der Waals surface area contributed by atoms with Crippen LogP contribution in [-0.4, -0.2) is 13.5 Å². The van der Waals surface area contributed by atoms with Crippen molar-refractivity contribution in [2.75, 3.05) is 9.03 Å². The Labute approximate surface area is 141 Å². The fourth-order valence-electron chi connectivity index (χ4n) is 2.32. The summed E-state index contributed by atoms with van der Waals surface area (Å²) in [7, 11) is -3.93. The van der Waals surface area contributed by atoms with E-state index >= 15 is 0 Å². The number of nitrogens with zero attached hydrogens (tertiary/aromatic N) is 1. The predicted octanol–water partition coefficient (Wildman–Crippen LogP) is 3.89. The van der Waals surface area contributed by atoms with E-state index in [-0.39, 0.29) is 11.4 Å². The van der Waals surface area contributed by atoms with E-state index in [1.165, 1.54) is 16.4 Å². The summed E-state index contributed by atoms with van der Waals surface area (Å²) in [5, 5.41) is 9.53. The van der Waals surface area contributed by atoms with Crippen molar-refractivity contribution in [1.82, 2.24) is 0 Å². The van der Waals surface area contributed by atoms with Crippen molar-refractivity contribution in [3.8, 4) is 5.75 Å². The number of phenolic OH excluding ortho intramolecular Hbond substituents is 1. The molecule has 3 aromatic rings. The monoisotopic (exact) mass is 340 g/mol. The third-order valence-electron chi connectivity index (χ3n) is 3.31. The predicted molar refractivity (Wildman–Crippen MR) is 95.7 cm³/mol. The molecule has 0 unspecified atom stereocenters. The molecule has 0 atom stereocenters. The zero-order chi connectivity index (χ0) is 17.0. The first-order chi connectivity index (χ1) is 11.6. The molecule has 0 saturated carbocycles. The highest BCUT2D eigenvalue weighted by atomic mass is 32.2. The lowest BCUT2D eigenvalue weighted by molar-refractivity contribution is 0.475. The molecule has 0 heterocycles. The maximum absolute atomic E-state index is 12.9. The van der Waals surface area contributed by atoms with Gasteiger partial charge in [-0.25, -0.2) is 4.31 Å². The van der Waals surface area contributed by atoms with Crippen molar-refractivity contribution in [2.45, 2.75) is 0 Å². The lowest BCUT2D eigenvalue weighted by Gasteiger charge is -2.25. The molecule has 0 aromatic heterocycles. The van der Waals surface area contributed by atoms with Gasteiger partial charge >= 0.3 is 10.2 Å². The standard InChI is InChI=1S/C18H16N2O3S/c21-18-13-7-8-15(14-18)19-24(22,23)20(16-9-3-1-4-10-16)17-11-5-2-6-12-17/h1-14,19,21H. The van der Waals surface area contributed by atoms with E-state index in [2.05, 4.69) is 4.72 Å². The van der Waals surface area contributed by atoms with Crippen molar-refractivity contribution in [3.63, 3.8) is 0 Å². The second kappa shape index (κ2) is 6.64. The normalized spacial score (nSPS) is 11.0. The Kier molecular flexibility index (Phi) is 4.39. The van der Waals surface area contributed by atoms with Crippen LogP contribution in [-0.2, 0) is 10.2 Å². The molecule has 24 heavy (non-hydrogen) atoms. The van der Waals surface area contributed by atoms with Crippen LogP contribution in [0.5, 0.6) is 5.75 Å². The van der Waals surface area contributed by atoms with Crippen LogP contribution >= 0.6 is 0 Å². The molecule has 0 aliphatic heterocycles. The molecule has 0 fully saturated rings. The minimum absolute atomic E-state index is 0.0128. The van der Waals surface area contributed by atoms with Gasteiger partial charge in [0.2, 0.25) is 0 Å². The minimum Gasteiger partial charge on any atom is -0.508 e. The van der Waals surface area contributed by atoms with E-state index in [1.807, 2.05) is 12.1 Å². The van der Waals surface area contributed by atoms with Crippen LogP contribution in [0.2, 0.25) is 0 Å². The lowest BCUT2D eigenvalue weighted by atomic mass is 10.3. The van der Waals surface area contributed by atoms with Gasteiger partial charge in [0.1, 0.15) is 5.75 Å². The maximum Gasteiger partial charge on any atom is 0.328 e. The molecule has 2 N–H and O–H groups in total. The molecule has 0 bridgehead atoms. The third-order valence-corrected chi connectivity index (χ3v) is 4.71. The van der Waals surface area contributed by atoms with E-state index < -0.39 is 10.2 Å². The van der Waals surface area contributed by atoms with E-state index in [0.717, 1.165) is 0 Å². The summed E-state index contributed by atoms with van der Waals surface area (Å²) in [6.07, 6.45) is 0. The number of anilines is 3. The molecule has 3 aromatic carbocycles. The highest BCUT2D eigenvalue weighted by Gasteiger charge is 2.24. The van der Waals surface area contributed by atoms with E-state index in [0.29, 0.717) is 11.4 Å². The fraction of sp³-hybridized carbons (Fsp3) is 0. The van der Waals surface area contributed by atoms with Gasteiger partial charge < -0.3 is 5.11 Å². The van der Waals surface area contributed by atoms with Gasteiger partial charge in [0.15, 0.2) is 0 Å². The van der Waals surface area contributed by atoms with Crippen molar-refractivity contribution >= 4 is 27.3 Å². The van der Waals surface area contributed by atoms with E-state index in [9.17, 15) is 13.5 Å². The quantitative estimate of drug-likeness (QED) is 0.740. The Morgan fingerprint density at radius 1 is 0.750 bits per heavy atom. The molecular formula is C18H16N2O3S. The lowest BCUT2D eigenvalue weighted by Crippen LogP contribution is -2.32. The summed E-state index contributed by atoms with van der Waals surface area (Å²) in [5.41, 5.74) is 1.31. The first kappa shape index (κ1) is 15.9. The van der Waals surface area contributed by atoms with Gasteiger partial charge in [0.25, 0.3) is 0 Å². The van der Waals surface area contributed by atoms with Crippen molar-refractivity contribution in [2.24, 2.45) is 0 Å². The minimum atomic E-state index is -3.93. The van der Waals surface area contributed by atoms with Gasteiger partial charge in [0.05, 0.1) is 17.1 Å². The van der Waals surface area contributed by atoms with Gasteiger partial charge in [-0.05, 0) is 36.4 Å². The van der Waals surface area contributed by atoms with Gasteiger partial charge in [0, 0.05) is 6.07 Å². The number of para-hydroxylation sites is 2. The van der Waals surface area contributed by atoms with Crippen molar-refractivity contribution in [3.05, 3.63) is 84.9 Å². The Hall–Kier alpha value is -2.99. The zero-order valence-corrected chi connectivity index (χ0v) is 13.5. The molecule has 0 aliphatic rings. The summed E-state index contributed by atoms with van der Waals surface area (Å²) >= 11 is 0. The van der Waals surface area contributed by atoms with Crippen LogP contribution in [0.4, 0.5) is 17.1 Å². The van der Waals surface area contributed by atoms with Crippen LogP contribution in [0.15, 0.2) is 84.9 Å². The molecule has 0 aliphatic carbocycles. The Bertz CT molecular complexity index is 874. The molecule has 5 nitrogen and oxygen atoms in total. The SMILES string of the molecule is O=S(=O)(Nc1cccc(O)c1)N(c1ccccc1)c1ccccc1. The number of aromatic hydroxyl groups is 1. The molecule has 0 saturated heterocycles. The third kappa shape index (κ3) is 3.49. The number of hydrogen-bond donors (Lipinski definition) is 2. The molecule has 122 valence electrons. The van der Waals surface area contributed by atoms with E-state index in [4.69, 9.17) is 0 Å². The molecule has 0 spiro atoms. The molecule has 3 rings (SSSR count). The average Bonchev–Trinajstić information content (AvgIpc) is 2.56. The zero-order valence-electron chi connectivity index (χ0n) is 12.7. The summed E-state index contributed by atoms with van der Waals surface area (Å²) in [5.74, 6) is -0.0128. The van der Waals surface area contributed by atoms with Crippen LogP contribution in [0.3, 0.4) is 0 Å². The Balaban J connectivity index is 2.05. The van der Waals surface area contributed by atoms with Crippen molar-refractivity contribution < 1.29 is 13.5 Å². The molecule has 6 heteroatoms. The first-order valence-electron chi connectivity index (χ1n) is 7.28. The average molecular weight is 340 g/mol. The van der Waals surface area contributed by atoms with E-state index in [1.54, 1.807) is 60.7 Å². The van der Waals surface area contributed by atoms with Gasteiger partial charge in [-0.2, -0.15) is 8.42 Å². The summed E-state index contributed by atoms with van der Waals surface area (Å²) in [6, 6.07) is 23.6. The van der Waals surface area contributed by atoms with Crippen LogP contribution < -0.4 is 9.03 Å². The highest BCUT2D eigenvalue weighted by molar-refractivity contribution is 7.94. The van der Waals surface area contributed by atoms with Gasteiger partial charge in [-0.3, -0.25) is 4.72 Å². The first-order valence-corrected chi connectivity index (χ1v) is 8.72. The molecule has 0 radical (unpaired) electrons. The Morgan fingerprint density at radius 3 is 1.79 bits per heavy atom. The second-order valence-electron chi connectivity index (χ2n) is 5.09. The van der Waals surface area contributed by atoms with Crippen LogP contribution in [0.25, 0.3) is 0 Å². The second-order valence-corrected chi connectivity index (χ2v) is 6.61. The van der Waals surface area contributed by atoms with Crippen LogP contribution in [0.1, 0.15) is 0 Å². The number of rotatable bonds is 5. The molecular weight excluding hydrogens is 324 g/mol. The number of phenols is 1. The molecule has 0 amide bonds. The number of benzene rings is 3. The summed E-state index contributed by atoms with van der Waals surface area (Å²) < 4.78 is 29.6. The largest absolute Gasteiger partial charge is 0.508 e. The number of hydrogen-bond acceptors (Lipinski definition) is 3. The van der Waals surface area contributed by atoms with Crippen LogP contribution in [0, 0.1) is 0 Å². The maximum atomic E-state index is 12.9. The smallest absolute Gasteiger partial charge is 0.328 e. The topological polar surface area (TPSA) is 69.6 Å². The van der Waals surface area contributed by atoms with Crippen molar-refractivity contribution in [1.29, 1.82) is 0 Å². The highest BCUT2D eigenvalue weighted by Crippen LogP contribution is 2.29. The van der Waals surface area contributed by atoms with Gasteiger partial charge in [-0.1, -0.05) is 42.5 Å². The number of nitrogens with one attached hydrogen (secondary N) is 1.